The van der Waals surface area contributed by atoms with Crippen molar-refractivity contribution in [3.8, 4) is 0 Å². The van der Waals surface area contributed by atoms with Gasteiger partial charge in [-0.15, -0.1) is 0 Å². The van der Waals surface area contributed by atoms with Crippen molar-refractivity contribution < 1.29 is 13.2 Å². The molecule has 0 aliphatic rings. The van der Waals surface area contributed by atoms with Crippen molar-refractivity contribution in [2.45, 2.75) is 31.2 Å². The molecule has 0 aliphatic heterocycles. The second-order valence-electron chi connectivity index (χ2n) is 5.39. The highest BCUT2D eigenvalue weighted by atomic mass is 35.5. The second kappa shape index (κ2) is 7.79. The first kappa shape index (κ1) is 18.4. The van der Waals surface area contributed by atoms with Crippen molar-refractivity contribution in [2.24, 2.45) is 0 Å². The number of amides is 1. The number of sulfonamides is 1. The highest BCUT2D eigenvalue weighted by Crippen LogP contribution is 2.21. The van der Waals surface area contributed by atoms with Gasteiger partial charge >= 0.3 is 0 Å². The number of hydrogen-bond donors (Lipinski definition) is 2. The number of halogens is 1. The summed E-state index contributed by atoms with van der Waals surface area (Å²) in [6, 6.07) is 12.5. The molecule has 2 rings (SSSR count). The molecule has 0 saturated carbocycles. The van der Waals surface area contributed by atoms with Crippen LogP contribution in [0.15, 0.2) is 53.4 Å². The van der Waals surface area contributed by atoms with Gasteiger partial charge in [-0.2, -0.15) is 0 Å². The molecule has 7 heteroatoms. The van der Waals surface area contributed by atoms with Crippen LogP contribution >= 0.6 is 11.6 Å². The summed E-state index contributed by atoms with van der Waals surface area (Å²) in [6.45, 7) is 3.69. The quantitative estimate of drug-likeness (QED) is 0.819. The molecule has 2 aromatic rings. The number of para-hydroxylation sites is 1. The molecule has 2 N–H and O–H groups in total. The molecule has 1 atom stereocenters. The monoisotopic (exact) mass is 366 g/mol. The van der Waals surface area contributed by atoms with E-state index in [1.54, 1.807) is 31.2 Å². The third-order valence-electron chi connectivity index (χ3n) is 3.52. The number of nitrogens with one attached hydrogen (secondary N) is 2. The summed E-state index contributed by atoms with van der Waals surface area (Å²) >= 11 is 6.00. The SMILES string of the molecule is CC[C@@H](C)NS(=O)(=O)c1ccc(C(=O)Nc2ccccc2Cl)cc1. The van der Waals surface area contributed by atoms with Crippen molar-refractivity contribution >= 4 is 33.2 Å². The molecule has 0 fully saturated rings. The summed E-state index contributed by atoms with van der Waals surface area (Å²) < 4.78 is 27.0. The van der Waals surface area contributed by atoms with Gasteiger partial charge in [0.2, 0.25) is 10.0 Å². The zero-order chi connectivity index (χ0) is 17.7. The fraction of sp³-hybridized carbons (Fsp3) is 0.235. The van der Waals surface area contributed by atoms with Gasteiger partial charge in [0.1, 0.15) is 0 Å². The van der Waals surface area contributed by atoms with E-state index in [-0.39, 0.29) is 16.8 Å². The van der Waals surface area contributed by atoms with Gasteiger partial charge in [0.15, 0.2) is 0 Å². The molecular formula is C17H19ClN2O3S. The normalized spacial score (nSPS) is 12.6. The smallest absolute Gasteiger partial charge is 0.255 e. The van der Waals surface area contributed by atoms with Crippen LogP contribution in [0.3, 0.4) is 0 Å². The van der Waals surface area contributed by atoms with Gasteiger partial charge in [-0.1, -0.05) is 30.7 Å². The molecule has 0 bridgehead atoms. The van der Waals surface area contributed by atoms with E-state index in [1.165, 1.54) is 24.3 Å². The maximum Gasteiger partial charge on any atom is 0.255 e. The number of rotatable bonds is 6. The van der Waals surface area contributed by atoms with Crippen molar-refractivity contribution in [2.75, 3.05) is 5.32 Å². The summed E-state index contributed by atoms with van der Waals surface area (Å²) in [6.07, 6.45) is 0.692. The van der Waals surface area contributed by atoms with Gasteiger partial charge in [-0.25, -0.2) is 13.1 Å². The van der Waals surface area contributed by atoms with E-state index in [0.717, 1.165) is 0 Å². The molecule has 0 spiro atoms. The number of carbonyl (C=O) groups excluding carboxylic acids is 1. The van der Waals surface area contributed by atoms with Crippen LogP contribution < -0.4 is 10.0 Å². The molecule has 0 heterocycles. The standard InChI is InChI=1S/C17H19ClN2O3S/c1-3-12(2)20-24(22,23)14-10-8-13(9-11-14)17(21)19-16-7-5-4-6-15(16)18/h4-12,20H,3H2,1-2H3,(H,19,21)/t12-/m1/s1. The minimum absolute atomic E-state index is 0.122. The molecule has 5 nitrogen and oxygen atoms in total. The van der Waals surface area contributed by atoms with Gasteiger partial charge in [0, 0.05) is 11.6 Å². The van der Waals surface area contributed by atoms with Gasteiger partial charge < -0.3 is 5.32 Å². The molecule has 128 valence electrons. The molecule has 0 aromatic heterocycles. The van der Waals surface area contributed by atoms with E-state index in [1.807, 2.05) is 6.92 Å². The Kier molecular flexibility index (Phi) is 5.99. The van der Waals surface area contributed by atoms with E-state index in [0.29, 0.717) is 22.7 Å². The summed E-state index contributed by atoms with van der Waals surface area (Å²) in [4.78, 5) is 12.3. The third-order valence-corrected chi connectivity index (χ3v) is 5.45. The van der Waals surface area contributed by atoms with Gasteiger partial charge in [-0.3, -0.25) is 4.79 Å². The van der Waals surface area contributed by atoms with Crippen molar-refractivity contribution in [3.05, 3.63) is 59.1 Å². The molecule has 0 unspecified atom stereocenters. The van der Waals surface area contributed by atoms with E-state index >= 15 is 0 Å². The largest absolute Gasteiger partial charge is 0.321 e. The third kappa shape index (κ3) is 4.56. The summed E-state index contributed by atoms with van der Waals surface area (Å²) in [5.41, 5.74) is 0.844. The van der Waals surface area contributed by atoms with Crippen LogP contribution in [0.5, 0.6) is 0 Å². The highest BCUT2D eigenvalue weighted by Gasteiger charge is 2.17. The first-order chi connectivity index (χ1) is 11.3. The molecule has 0 aliphatic carbocycles. The Morgan fingerprint density at radius 3 is 2.33 bits per heavy atom. The predicted molar refractivity (Wildman–Crippen MR) is 95.9 cm³/mol. The van der Waals surface area contributed by atoms with Gasteiger partial charge in [0.05, 0.1) is 15.6 Å². The zero-order valence-corrected chi connectivity index (χ0v) is 15.0. The van der Waals surface area contributed by atoms with E-state index in [4.69, 9.17) is 11.6 Å². The van der Waals surface area contributed by atoms with Crippen molar-refractivity contribution in [1.82, 2.24) is 4.72 Å². The van der Waals surface area contributed by atoms with Crippen molar-refractivity contribution in [3.63, 3.8) is 0 Å². The van der Waals surface area contributed by atoms with Gasteiger partial charge in [0.25, 0.3) is 5.91 Å². The Balaban J connectivity index is 2.14. The van der Waals surface area contributed by atoms with E-state index < -0.39 is 10.0 Å². The van der Waals surface area contributed by atoms with Crippen LogP contribution in [0.2, 0.25) is 5.02 Å². The Morgan fingerprint density at radius 2 is 1.75 bits per heavy atom. The van der Waals surface area contributed by atoms with E-state index in [9.17, 15) is 13.2 Å². The molecule has 2 aromatic carbocycles. The first-order valence-corrected chi connectivity index (χ1v) is 9.38. The number of carbonyl (C=O) groups is 1. The fourth-order valence-electron chi connectivity index (χ4n) is 1.96. The highest BCUT2D eigenvalue weighted by molar-refractivity contribution is 7.89. The summed E-state index contributed by atoms with van der Waals surface area (Å²) in [7, 11) is -3.58. The lowest BCUT2D eigenvalue weighted by molar-refractivity contribution is 0.102. The van der Waals surface area contributed by atoms with Crippen molar-refractivity contribution in [1.29, 1.82) is 0 Å². The predicted octanol–water partition coefficient (Wildman–Crippen LogP) is 3.67. The minimum Gasteiger partial charge on any atom is -0.321 e. The van der Waals surface area contributed by atoms with Crippen LogP contribution in [-0.4, -0.2) is 20.4 Å². The first-order valence-electron chi connectivity index (χ1n) is 7.51. The Bertz CT molecular complexity index is 820. The Hall–Kier alpha value is -1.89. The van der Waals surface area contributed by atoms with Gasteiger partial charge in [-0.05, 0) is 49.7 Å². The molecule has 0 radical (unpaired) electrons. The Morgan fingerprint density at radius 1 is 1.12 bits per heavy atom. The molecule has 0 saturated heterocycles. The maximum atomic E-state index is 12.2. The second-order valence-corrected chi connectivity index (χ2v) is 7.51. The molecule has 24 heavy (non-hydrogen) atoms. The fourth-order valence-corrected chi connectivity index (χ4v) is 3.47. The summed E-state index contributed by atoms with van der Waals surface area (Å²) in [5.74, 6) is -0.359. The summed E-state index contributed by atoms with van der Waals surface area (Å²) in [5, 5.41) is 3.12. The molecule has 1 amide bonds. The maximum absolute atomic E-state index is 12.2. The van der Waals surface area contributed by atoms with E-state index in [2.05, 4.69) is 10.0 Å². The average molecular weight is 367 g/mol. The minimum atomic E-state index is -3.58. The zero-order valence-electron chi connectivity index (χ0n) is 13.4. The van der Waals surface area contributed by atoms with Crippen LogP contribution in [0, 0.1) is 0 Å². The number of hydrogen-bond acceptors (Lipinski definition) is 3. The van der Waals surface area contributed by atoms with Crippen LogP contribution in [0.4, 0.5) is 5.69 Å². The Labute approximate surface area is 147 Å². The number of anilines is 1. The van der Waals surface area contributed by atoms with Crippen LogP contribution in [0.1, 0.15) is 30.6 Å². The van der Waals surface area contributed by atoms with Crippen LogP contribution in [0.25, 0.3) is 0 Å². The molecular weight excluding hydrogens is 348 g/mol. The topological polar surface area (TPSA) is 75.3 Å². The lowest BCUT2D eigenvalue weighted by atomic mass is 10.2. The lowest BCUT2D eigenvalue weighted by Crippen LogP contribution is -2.32. The lowest BCUT2D eigenvalue weighted by Gasteiger charge is -2.12. The number of benzene rings is 2. The van der Waals surface area contributed by atoms with Crippen LogP contribution in [-0.2, 0) is 10.0 Å². The average Bonchev–Trinajstić information content (AvgIpc) is 2.56.